The zero-order valence-electron chi connectivity index (χ0n) is 18.4. The van der Waals surface area contributed by atoms with Crippen molar-refractivity contribution in [2.75, 3.05) is 17.9 Å². The van der Waals surface area contributed by atoms with E-state index >= 15 is 0 Å². The molecule has 0 saturated heterocycles. The summed E-state index contributed by atoms with van der Waals surface area (Å²) in [5, 5.41) is 11.8. The van der Waals surface area contributed by atoms with E-state index in [1.165, 1.54) is 11.8 Å². The molecule has 4 aromatic rings. The number of thioether (sulfide) groups is 1. The molecular formula is C25H18ClN5O3S. The Morgan fingerprint density at radius 2 is 1.89 bits per heavy atom. The minimum absolute atomic E-state index is 0.212. The van der Waals surface area contributed by atoms with E-state index in [-0.39, 0.29) is 11.7 Å². The minimum Gasteiger partial charge on any atom is -0.497 e. The molecule has 8 nitrogen and oxygen atoms in total. The van der Waals surface area contributed by atoms with Crippen LogP contribution < -0.4 is 15.5 Å². The van der Waals surface area contributed by atoms with Crippen LogP contribution in [-0.4, -0.2) is 38.9 Å². The van der Waals surface area contributed by atoms with Crippen molar-refractivity contribution in [2.24, 2.45) is 0 Å². The fourth-order valence-corrected chi connectivity index (χ4v) is 5.93. The second kappa shape index (κ2) is 8.14. The number of halogens is 1. The maximum Gasteiger partial charge on any atom is 0.257 e. The van der Waals surface area contributed by atoms with E-state index < -0.39 is 10.8 Å². The van der Waals surface area contributed by atoms with Crippen LogP contribution in [0.15, 0.2) is 78.0 Å². The third kappa shape index (κ3) is 3.30. The number of nitrogens with one attached hydrogen (secondary N) is 2. The lowest BCUT2D eigenvalue weighted by atomic mass is 9.84. The molecule has 3 aromatic carbocycles. The molecule has 3 heterocycles. The third-order valence-corrected chi connectivity index (χ3v) is 7.71. The predicted octanol–water partition coefficient (Wildman–Crippen LogP) is 4.36. The van der Waals surface area contributed by atoms with Gasteiger partial charge in [-0.2, -0.15) is 0 Å². The zero-order valence-corrected chi connectivity index (χ0v) is 19.9. The number of fused-ring (bicyclic) bond motifs is 3. The Labute approximate surface area is 209 Å². The SMILES string of the molecule is COc1ccc(C(=O)C2Sc3nnc(-c4cccc(Cl)c4)n3NC23C(=O)Nc2ccccc23)cc1. The summed E-state index contributed by atoms with van der Waals surface area (Å²) < 4.78 is 6.89. The number of anilines is 1. The average molecular weight is 504 g/mol. The molecule has 2 aliphatic rings. The summed E-state index contributed by atoms with van der Waals surface area (Å²) in [5.41, 5.74) is 4.47. The van der Waals surface area contributed by atoms with E-state index in [4.69, 9.17) is 16.3 Å². The number of hydrogen-bond donors (Lipinski definition) is 2. The fraction of sp³-hybridized carbons (Fsp3) is 0.120. The average Bonchev–Trinajstić information content (AvgIpc) is 3.42. The summed E-state index contributed by atoms with van der Waals surface area (Å²) in [5.74, 6) is 0.590. The van der Waals surface area contributed by atoms with Gasteiger partial charge in [0.05, 0.1) is 7.11 Å². The molecule has 2 N–H and O–H groups in total. The summed E-state index contributed by atoms with van der Waals surface area (Å²) >= 11 is 7.41. The van der Waals surface area contributed by atoms with Crippen LogP contribution in [0, 0.1) is 0 Å². The van der Waals surface area contributed by atoms with E-state index in [1.807, 2.05) is 36.4 Å². The summed E-state index contributed by atoms with van der Waals surface area (Å²) in [7, 11) is 1.57. The van der Waals surface area contributed by atoms with Gasteiger partial charge in [0.25, 0.3) is 5.91 Å². The first-order valence-corrected chi connectivity index (χ1v) is 12.0. The molecule has 6 rings (SSSR count). The number of amides is 1. The molecule has 0 aliphatic carbocycles. The Bertz CT molecular complexity index is 1490. The fourth-order valence-electron chi connectivity index (χ4n) is 4.50. The number of aromatic nitrogens is 3. The van der Waals surface area contributed by atoms with Gasteiger partial charge < -0.3 is 15.5 Å². The van der Waals surface area contributed by atoms with Crippen LogP contribution in [0.25, 0.3) is 11.4 Å². The molecule has 2 unspecified atom stereocenters. The molecule has 1 aromatic heterocycles. The number of ether oxygens (including phenoxy) is 1. The Morgan fingerprint density at radius 1 is 1.09 bits per heavy atom. The van der Waals surface area contributed by atoms with E-state index in [2.05, 4.69) is 20.9 Å². The molecule has 174 valence electrons. The normalized spacial score (nSPS) is 20.1. The number of Topliss-reactive ketones (excluding diaryl/α,β-unsaturated/α-hetero) is 1. The third-order valence-electron chi connectivity index (χ3n) is 6.19. The number of carbonyl (C=O) groups excluding carboxylic acids is 2. The molecule has 2 atom stereocenters. The number of carbonyl (C=O) groups is 2. The maximum absolute atomic E-state index is 13.9. The van der Waals surface area contributed by atoms with Crippen molar-refractivity contribution in [3.8, 4) is 17.1 Å². The highest BCUT2D eigenvalue weighted by Crippen LogP contribution is 2.49. The van der Waals surface area contributed by atoms with Crippen molar-refractivity contribution < 1.29 is 14.3 Å². The molecule has 10 heteroatoms. The molecule has 0 radical (unpaired) electrons. The van der Waals surface area contributed by atoms with Gasteiger partial charge in [-0.05, 0) is 42.5 Å². The second-order valence-electron chi connectivity index (χ2n) is 8.16. The molecular weight excluding hydrogens is 486 g/mol. The van der Waals surface area contributed by atoms with Crippen molar-refractivity contribution in [1.29, 1.82) is 0 Å². The molecule has 35 heavy (non-hydrogen) atoms. The van der Waals surface area contributed by atoms with Crippen LogP contribution in [0.3, 0.4) is 0 Å². The molecule has 0 bridgehead atoms. The Kier molecular flexibility index (Phi) is 5.05. The molecule has 0 saturated carbocycles. The largest absolute Gasteiger partial charge is 0.497 e. The molecule has 1 spiro atoms. The first-order valence-electron chi connectivity index (χ1n) is 10.8. The Balaban J connectivity index is 1.52. The first kappa shape index (κ1) is 21.7. The van der Waals surface area contributed by atoms with Crippen LogP contribution >= 0.6 is 23.4 Å². The highest BCUT2D eigenvalue weighted by Gasteiger charge is 2.59. The standard InChI is InChI=1S/C25H18ClN5O3S/c1-34-17-11-9-14(10-12-17)20(32)21-25(18-7-2-3-8-19(18)27-23(25)33)30-31-22(28-29-24(31)35-21)15-5-4-6-16(26)13-15/h2-13,21,30H,1H3,(H,27,33). The van der Waals surface area contributed by atoms with E-state index in [1.54, 1.807) is 48.2 Å². The Morgan fingerprint density at radius 3 is 2.66 bits per heavy atom. The monoisotopic (exact) mass is 503 g/mol. The lowest BCUT2D eigenvalue weighted by Crippen LogP contribution is -2.58. The second-order valence-corrected chi connectivity index (χ2v) is 9.67. The van der Waals surface area contributed by atoms with Crippen LogP contribution in [0.4, 0.5) is 5.69 Å². The number of ketones is 1. The molecule has 2 aliphatic heterocycles. The first-order chi connectivity index (χ1) is 17.0. The van der Waals surface area contributed by atoms with Crippen LogP contribution in [0.5, 0.6) is 5.75 Å². The van der Waals surface area contributed by atoms with E-state index in [9.17, 15) is 9.59 Å². The maximum atomic E-state index is 13.9. The van der Waals surface area contributed by atoms with Crippen LogP contribution in [0.2, 0.25) is 5.02 Å². The van der Waals surface area contributed by atoms with Gasteiger partial charge in [0, 0.05) is 27.4 Å². The van der Waals surface area contributed by atoms with Crippen LogP contribution in [0.1, 0.15) is 15.9 Å². The van der Waals surface area contributed by atoms with Gasteiger partial charge in [0.1, 0.15) is 11.0 Å². The number of para-hydroxylation sites is 1. The van der Waals surface area contributed by atoms with Gasteiger partial charge in [-0.1, -0.05) is 53.7 Å². The zero-order chi connectivity index (χ0) is 24.2. The van der Waals surface area contributed by atoms with Crippen molar-refractivity contribution in [1.82, 2.24) is 14.9 Å². The van der Waals surface area contributed by atoms with Gasteiger partial charge in [0.15, 0.2) is 17.1 Å². The van der Waals surface area contributed by atoms with Crippen LogP contribution in [-0.2, 0) is 10.3 Å². The van der Waals surface area contributed by atoms with E-state index in [0.717, 1.165) is 5.56 Å². The number of methoxy groups -OCH3 is 1. The topological polar surface area (TPSA) is 98.1 Å². The van der Waals surface area contributed by atoms with Crippen molar-refractivity contribution >= 4 is 40.7 Å². The number of nitrogens with zero attached hydrogens (tertiary/aromatic N) is 3. The summed E-state index contributed by atoms with van der Waals surface area (Å²) in [4.78, 5) is 27.5. The lowest BCUT2D eigenvalue weighted by molar-refractivity contribution is -0.120. The summed E-state index contributed by atoms with van der Waals surface area (Å²) in [6.45, 7) is 0. The lowest BCUT2D eigenvalue weighted by Gasteiger charge is -2.40. The minimum atomic E-state index is -1.39. The van der Waals surface area contributed by atoms with Crippen molar-refractivity contribution in [3.05, 3.63) is 88.9 Å². The van der Waals surface area contributed by atoms with Gasteiger partial charge in [-0.25, -0.2) is 4.68 Å². The van der Waals surface area contributed by atoms with Crippen molar-refractivity contribution in [2.45, 2.75) is 15.9 Å². The van der Waals surface area contributed by atoms with Gasteiger partial charge in [0.2, 0.25) is 5.16 Å². The number of hydrogen-bond acceptors (Lipinski definition) is 7. The Hall–Kier alpha value is -3.82. The number of rotatable bonds is 4. The van der Waals surface area contributed by atoms with Gasteiger partial charge in [-0.3, -0.25) is 9.59 Å². The van der Waals surface area contributed by atoms with Crippen molar-refractivity contribution in [3.63, 3.8) is 0 Å². The smallest absolute Gasteiger partial charge is 0.257 e. The summed E-state index contributed by atoms with van der Waals surface area (Å²) in [6, 6.07) is 21.4. The van der Waals surface area contributed by atoms with E-state index in [0.29, 0.717) is 38.6 Å². The quantitative estimate of drug-likeness (QED) is 0.399. The predicted molar refractivity (Wildman–Crippen MR) is 134 cm³/mol. The van der Waals surface area contributed by atoms with Gasteiger partial charge >= 0.3 is 0 Å². The molecule has 0 fully saturated rings. The highest BCUT2D eigenvalue weighted by atomic mass is 35.5. The number of benzene rings is 3. The van der Waals surface area contributed by atoms with Gasteiger partial charge in [-0.15, -0.1) is 10.2 Å². The highest BCUT2D eigenvalue weighted by molar-refractivity contribution is 8.00. The molecule has 1 amide bonds. The summed E-state index contributed by atoms with van der Waals surface area (Å²) in [6.07, 6.45) is 0.